The standard InChI is InChI=1S/C15H14N2O2S/c1-8-4-11(18)14-12(5-8)19-15(17)10(6-16)13(14)9-2-3-20-7-9/h2-3,7-8,13H,4-5,17H2,1H3/t8-,13-/m0/s1. The molecule has 20 heavy (non-hydrogen) atoms. The molecule has 5 heteroatoms. The van der Waals surface area contributed by atoms with Gasteiger partial charge >= 0.3 is 0 Å². The van der Waals surface area contributed by atoms with Gasteiger partial charge in [0.15, 0.2) is 5.78 Å². The first kappa shape index (κ1) is 12.9. The number of nitriles is 1. The third-order valence-electron chi connectivity index (χ3n) is 3.74. The predicted octanol–water partition coefficient (Wildman–Crippen LogP) is 2.81. The van der Waals surface area contributed by atoms with E-state index in [1.165, 1.54) is 0 Å². The monoisotopic (exact) mass is 286 g/mol. The number of rotatable bonds is 1. The molecule has 2 atom stereocenters. The van der Waals surface area contributed by atoms with Crippen molar-refractivity contribution >= 4 is 17.1 Å². The van der Waals surface area contributed by atoms with Gasteiger partial charge in [0.2, 0.25) is 5.88 Å². The largest absolute Gasteiger partial charge is 0.444 e. The maximum atomic E-state index is 12.4. The molecule has 0 radical (unpaired) electrons. The first-order chi connectivity index (χ1) is 9.61. The average molecular weight is 286 g/mol. The highest BCUT2D eigenvalue weighted by atomic mass is 32.1. The number of hydrogen-bond donors (Lipinski definition) is 1. The van der Waals surface area contributed by atoms with Gasteiger partial charge in [-0.25, -0.2) is 0 Å². The summed E-state index contributed by atoms with van der Waals surface area (Å²) in [6.07, 6.45) is 1.20. The summed E-state index contributed by atoms with van der Waals surface area (Å²) >= 11 is 1.54. The molecule has 2 aliphatic rings. The number of thiophene rings is 1. The van der Waals surface area contributed by atoms with E-state index in [1.54, 1.807) is 11.3 Å². The minimum atomic E-state index is -0.366. The van der Waals surface area contributed by atoms with Gasteiger partial charge in [-0.2, -0.15) is 16.6 Å². The van der Waals surface area contributed by atoms with Crippen LogP contribution in [0.1, 0.15) is 31.2 Å². The fraction of sp³-hybridized carbons (Fsp3) is 0.333. The highest BCUT2D eigenvalue weighted by Gasteiger charge is 2.39. The number of allylic oxidation sites excluding steroid dienone is 3. The van der Waals surface area contributed by atoms with Crippen LogP contribution in [0.3, 0.4) is 0 Å². The van der Waals surface area contributed by atoms with Crippen molar-refractivity contribution in [3.8, 4) is 6.07 Å². The SMILES string of the molecule is C[C@H]1CC(=O)C2=C(C1)OC(N)=C(C#N)[C@@H]2c1ccsc1. The molecule has 0 bridgehead atoms. The molecule has 102 valence electrons. The Morgan fingerprint density at radius 2 is 2.30 bits per heavy atom. The molecule has 1 aromatic rings. The Hall–Kier alpha value is -2.06. The molecular weight excluding hydrogens is 272 g/mol. The Kier molecular flexibility index (Phi) is 3.11. The molecule has 2 heterocycles. The van der Waals surface area contributed by atoms with Crippen molar-refractivity contribution in [3.63, 3.8) is 0 Å². The zero-order valence-corrected chi connectivity index (χ0v) is 11.9. The Balaban J connectivity index is 2.16. The number of nitrogens with two attached hydrogens (primary N) is 1. The second kappa shape index (κ2) is 4.80. The second-order valence-electron chi connectivity index (χ2n) is 5.25. The van der Waals surface area contributed by atoms with Gasteiger partial charge in [0, 0.05) is 18.4 Å². The Bertz CT molecular complexity index is 665. The Labute approximate surface area is 121 Å². The highest BCUT2D eigenvalue weighted by Crippen LogP contribution is 2.44. The summed E-state index contributed by atoms with van der Waals surface area (Å²) in [5, 5.41) is 13.3. The molecule has 1 aliphatic heterocycles. The molecule has 0 amide bonds. The fourth-order valence-corrected chi connectivity index (χ4v) is 3.55. The van der Waals surface area contributed by atoms with E-state index in [-0.39, 0.29) is 23.5 Å². The smallest absolute Gasteiger partial charge is 0.205 e. The molecule has 0 saturated carbocycles. The van der Waals surface area contributed by atoms with Gasteiger partial charge < -0.3 is 10.5 Å². The topological polar surface area (TPSA) is 76.1 Å². The van der Waals surface area contributed by atoms with Crippen LogP contribution in [0, 0.1) is 17.2 Å². The van der Waals surface area contributed by atoms with Gasteiger partial charge in [0.05, 0.1) is 5.92 Å². The predicted molar refractivity (Wildman–Crippen MR) is 75.4 cm³/mol. The summed E-state index contributed by atoms with van der Waals surface area (Å²) in [4.78, 5) is 12.4. The maximum absolute atomic E-state index is 12.4. The van der Waals surface area contributed by atoms with E-state index in [0.29, 0.717) is 29.7 Å². The van der Waals surface area contributed by atoms with Crippen LogP contribution in [0.2, 0.25) is 0 Å². The molecule has 0 unspecified atom stereocenters. The lowest BCUT2D eigenvalue weighted by Gasteiger charge is -2.32. The lowest BCUT2D eigenvalue weighted by molar-refractivity contribution is -0.117. The average Bonchev–Trinajstić information content (AvgIpc) is 2.90. The van der Waals surface area contributed by atoms with E-state index in [1.807, 2.05) is 23.8 Å². The molecule has 3 rings (SSSR count). The van der Waals surface area contributed by atoms with Gasteiger partial charge in [0.25, 0.3) is 0 Å². The summed E-state index contributed by atoms with van der Waals surface area (Å²) in [6.45, 7) is 2.02. The molecular formula is C15H14N2O2S. The van der Waals surface area contributed by atoms with Crippen LogP contribution >= 0.6 is 11.3 Å². The van der Waals surface area contributed by atoms with Crippen molar-refractivity contribution in [1.82, 2.24) is 0 Å². The van der Waals surface area contributed by atoms with Crippen LogP contribution in [0.25, 0.3) is 0 Å². The van der Waals surface area contributed by atoms with E-state index in [2.05, 4.69) is 6.07 Å². The van der Waals surface area contributed by atoms with Crippen LogP contribution < -0.4 is 5.73 Å². The molecule has 1 aromatic heterocycles. The molecule has 0 fully saturated rings. The molecule has 1 aliphatic carbocycles. The van der Waals surface area contributed by atoms with E-state index in [9.17, 15) is 10.1 Å². The van der Waals surface area contributed by atoms with Gasteiger partial charge in [-0.15, -0.1) is 0 Å². The van der Waals surface area contributed by atoms with Crippen LogP contribution in [0.15, 0.2) is 39.6 Å². The maximum Gasteiger partial charge on any atom is 0.205 e. The van der Waals surface area contributed by atoms with Crippen molar-refractivity contribution in [2.45, 2.75) is 25.7 Å². The van der Waals surface area contributed by atoms with Gasteiger partial charge in [-0.3, -0.25) is 4.79 Å². The number of Topliss-reactive ketones (excluding diaryl/α,β-unsaturated/α-hetero) is 1. The van der Waals surface area contributed by atoms with Gasteiger partial charge in [-0.1, -0.05) is 6.92 Å². The van der Waals surface area contributed by atoms with E-state index >= 15 is 0 Å². The van der Waals surface area contributed by atoms with E-state index in [4.69, 9.17) is 10.5 Å². The number of ether oxygens (including phenoxy) is 1. The van der Waals surface area contributed by atoms with Crippen LogP contribution in [0.5, 0.6) is 0 Å². The fourth-order valence-electron chi connectivity index (χ4n) is 2.87. The first-order valence-corrected chi connectivity index (χ1v) is 7.42. The highest BCUT2D eigenvalue weighted by molar-refractivity contribution is 7.08. The molecule has 0 saturated heterocycles. The Morgan fingerprint density at radius 3 is 2.95 bits per heavy atom. The molecule has 4 nitrogen and oxygen atoms in total. The number of carbonyl (C=O) groups excluding carboxylic acids is 1. The van der Waals surface area contributed by atoms with Crippen LogP contribution in [-0.2, 0) is 9.53 Å². The minimum Gasteiger partial charge on any atom is -0.444 e. The number of nitrogens with zero attached hydrogens (tertiary/aromatic N) is 1. The van der Waals surface area contributed by atoms with Crippen molar-refractivity contribution in [2.75, 3.05) is 0 Å². The minimum absolute atomic E-state index is 0.0650. The van der Waals surface area contributed by atoms with Gasteiger partial charge in [0.1, 0.15) is 17.4 Å². The number of ketones is 1. The summed E-state index contributed by atoms with van der Waals surface area (Å²) in [6, 6.07) is 4.04. The summed E-state index contributed by atoms with van der Waals surface area (Å²) < 4.78 is 5.56. The third-order valence-corrected chi connectivity index (χ3v) is 4.44. The number of carbonyl (C=O) groups is 1. The van der Waals surface area contributed by atoms with Crippen LogP contribution in [0.4, 0.5) is 0 Å². The zero-order valence-electron chi connectivity index (χ0n) is 11.1. The molecule has 0 spiro atoms. The van der Waals surface area contributed by atoms with Crippen molar-refractivity contribution < 1.29 is 9.53 Å². The van der Waals surface area contributed by atoms with E-state index in [0.717, 1.165) is 5.56 Å². The van der Waals surface area contributed by atoms with Gasteiger partial charge in [-0.05, 0) is 28.3 Å². The second-order valence-corrected chi connectivity index (χ2v) is 6.03. The molecule has 2 N–H and O–H groups in total. The van der Waals surface area contributed by atoms with E-state index < -0.39 is 0 Å². The van der Waals surface area contributed by atoms with Crippen LogP contribution in [-0.4, -0.2) is 5.78 Å². The lowest BCUT2D eigenvalue weighted by atomic mass is 9.76. The zero-order chi connectivity index (χ0) is 14.3. The Morgan fingerprint density at radius 1 is 1.50 bits per heavy atom. The number of hydrogen-bond acceptors (Lipinski definition) is 5. The summed E-state index contributed by atoms with van der Waals surface area (Å²) in [7, 11) is 0. The summed E-state index contributed by atoms with van der Waals surface area (Å²) in [5.41, 5.74) is 7.77. The van der Waals surface area contributed by atoms with Crippen molar-refractivity contribution in [3.05, 3.63) is 45.2 Å². The first-order valence-electron chi connectivity index (χ1n) is 6.47. The molecule has 0 aromatic carbocycles. The summed E-state index contributed by atoms with van der Waals surface area (Å²) in [5.74, 6) is 0.719. The van der Waals surface area contributed by atoms with Crippen molar-refractivity contribution in [1.29, 1.82) is 5.26 Å². The quantitative estimate of drug-likeness (QED) is 0.861. The van der Waals surface area contributed by atoms with Crippen molar-refractivity contribution in [2.24, 2.45) is 11.7 Å². The lowest BCUT2D eigenvalue weighted by Crippen LogP contribution is -2.29. The normalized spacial score (nSPS) is 26.1. The third kappa shape index (κ3) is 1.93.